The van der Waals surface area contributed by atoms with Gasteiger partial charge in [-0.2, -0.15) is 0 Å². The molecule has 0 unspecified atom stereocenters. The number of amides is 6. The standard InChI is InChI=1S/2C27H44N2O6.C27H42N2O5/c2*1-19(7-14-23-16-27(33,18-30)17-26(3,4)35-23)6-9-21-10-12-22(13-11-21)29-24(31)15-8-20(2)34-25(32)28-5;1-19(7-14-23-16-27(18-32-27)17-26(3,4)34-23)6-9-21-10-12-22(13-11-21)29-24(30)15-8-20(2)33-25(31)28-5/h2*6-8,14-15,20-23,30,33H,9-13,16-18H2,1-5H3,(H,28,32)(H,29,31);6-8,14-15,20-23H,9-13,16-18H2,1-5H3,(H,28,31)(H,29,30)/b3*14-7+,15-8-,19-6+/t20-,21?,22?,23+,27+;20-,21?,22?,23+,27-;20-,21?,22?,23+,27+/m000/s1. The highest BCUT2D eigenvalue weighted by Gasteiger charge is 2.54. The summed E-state index contributed by atoms with van der Waals surface area (Å²) in [4.78, 5) is 70.0. The Kier molecular flexibility index (Phi) is 35.8. The molecule has 7 fully saturated rings. The zero-order valence-corrected chi connectivity index (χ0v) is 65.2. The predicted molar refractivity (Wildman–Crippen MR) is 404 cm³/mol. The normalized spacial score (nSPS) is 30.8. The molecule has 4 heterocycles. The molecule has 9 atom stereocenters. The van der Waals surface area contributed by atoms with Gasteiger partial charge in [0.1, 0.15) is 18.3 Å². The SMILES string of the molecule is CNC(=O)O[C@@H](C)/C=C\C(=O)NC1CCC(C/C=C(C)/C=C/[C@@H]2C[C@@](O)(CO)CC(C)(C)O2)CC1.CNC(=O)O[C@@H](C)/C=C\C(=O)NC1CCC(C/C=C(C)/C=C/[C@@H]2C[C@](O)(CO)CC(C)(C)O2)CC1.CNC(=O)O[C@@H](C)/C=C\C(=O)NC1CCC(C/C=C(C)/C=C/[C@@H]2C[C@]3(CO3)CC(C)(C)O2)CC1. The molecule has 104 heavy (non-hydrogen) atoms. The number of hydrogen-bond donors (Lipinski definition) is 10. The van der Waals surface area contributed by atoms with E-state index in [1.54, 1.807) is 39.0 Å². The lowest BCUT2D eigenvalue weighted by Crippen LogP contribution is -2.51. The number of epoxide rings is 1. The van der Waals surface area contributed by atoms with Crippen LogP contribution in [0.15, 0.2) is 108 Å². The summed E-state index contributed by atoms with van der Waals surface area (Å²) < 4.78 is 39.2. The zero-order valence-electron chi connectivity index (χ0n) is 65.2. The quantitative estimate of drug-likeness (QED) is 0.0166. The van der Waals surface area contributed by atoms with E-state index in [4.69, 9.17) is 33.2 Å². The van der Waals surface area contributed by atoms with Gasteiger partial charge in [0.05, 0.1) is 71.7 Å². The maximum atomic E-state index is 12.2. The van der Waals surface area contributed by atoms with Gasteiger partial charge in [0, 0.05) is 96.0 Å². The fourth-order valence-electron chi connectivity index (χ4n) is 14.9. The Labute approximate surface area is 620 Å². The summed E-state index contributed by atoms with van der Waals surface area (Å²) >= 11 is 0. The van der Waals surface area contributed by atoms with Gasteiger partial charge in [-0.1, -0.05) is 71.4 Å². The average Bonchev–Trinajstić information content (AvgIpc) is 1.61. The number of rotatable bonds is 26. The van der Waals surface area contributed by atoms with E-state index in [2.05, 4.69) is 96.9 Å². The molecule has 0 aromatic heterocycles. The van der Waals surface area contributed by atoms with Crippen LogP contribution in [0, 0.1) is 17.8 Å². The first-order valence-electron chi connectivity index (χ1n) is 37.9. The van der Waals surface area contributed by atoms with Crippen LogP contribution in [0.2, 0.25) is 0 Å². The van der Waals surface area contributed by atoms with Crippen LogP contribution in [0.3, 0.4) is 0 Å². The molecular formula is C81H130N6O17. The summed E-state index contributed by atoms with van der Waals surface area (Å²) in [5.74, 6) is 1.37. The number of aliphatic hydroxyl groups is 4. The van der Waals surface area contributed by atoms with E-state index in [0.29, 0.717) is 43.4 Å². The van der Waals surface area contributed by atoms with Gasteiger partial charge in [-0.15, -0.1) is 0 Å². The molecule has 23 nitrogen and oxygen atoms in total. The minimum atomic E-state index is -1.10. The number of ether oxygens (including phenoxy) is 7. The van der Waals surface area contributed by atoms with Crippen LogP contribution >= 0.6 is 0 Å². The van der Waals surface area contributed by atoms with Crippen molar-refractivity contribution >= 4 is 36.0 Å². The first-order valence-corrected chi connectivity index (χ1v) is 37.9. The van der Waals surface area contributed by atoms with Crippen molar-refractivity contribution in [2.75, 3.05) is 41.0 Å². The van der Waals surface area contributed by atoms with Crippen LogP contribution in [0.5, 0.6) is 0 Å². The lowest BCUT2D eigenvalue weighted by molar-refractivity contribution is -0.181. The van der Waals surface area contributed by atoms with E-state index in [0.717, 1.165) is 127 Å². The summed E-state index contributed by atoms with van der Waals surface area (Å²) in [6, 6.07) is 0.540. The molecule has 0 aromatic carbocycles. The lowest BCUT2D eigenvalue weighted by Gasteiger charge is -2.44. The van der Waals surface area contributed by atoms with Crippen molar-refractivity contribution in [1.82, 2.24) is 31.9 Å². The second-order valence-electron chi connectivity index (χ2n) is 32.1. The van der Waals surface area contributed by atoms with Crippen LogP contribution in [0.25, 0.3) is 0 Å². The summed E-state index contributed by atoms with van der Waals surface area (Å²) in [7, 11) is 4.48. The van der Waals surface area contributed by atoms with Crippen LogP contribution in [0.1, 0.15) is 218 Å². The number of allylic oxidation sites excluding steroid dienone is 9. The highest BCUT2D eigenvalue weighted by molar-refractivity contribution is 5.88. The number of carbonyl (C=O) groups is 6. The van der Waals surface area contributed by atoms with Gasteiger partial charge in [-0.25, -0.2) is 14.4 Å². The number of carbonyl (C=O) groups excluding carboxylic acids is 6. The Hall–Kier alpha value is -6.44. The Morgan fingerprint density at radius 2 is 0.702 bits per heavy atom. The molecule has 586 valence electrons. The Balaban J connectivity index is 0.000000280. The Morgan fingerprint density at radius 3 is 0.962 bits per heavy atom. The summed E-state index contributed by atoms with van der Waals surface area (Å²) in [6.07, 6.45) is 43.7. The van der Waals surface area contributed by atoms with E-state index < -0.39 is 59.0 Å². The molecule has 10 N–H and O–H groups in total. The van der Waals surface area contributed by atoms with Gasteiger partial charge in [-0.05, 0) is 215 Å². The smallest absolute Gasteiger partial charge is 0.407 e. The van der Waals surface area contributed by atoms with Crippen molar-refractivity contribution in [2.24, 2.45) is 17.8 Å². The van der Waals surface area contributed by atoms with Gasteiger partial charge in [0.25, 0.3) is 0 Å². The fraction of sp³-hybridized carbons (Fsp3) is 0.704. The first kappa shape index (κ1) is 88.2. The van der Waals surface area contributed by atoms with Crippen molar-refractivity contribution < 1.29 is 82.4 Å². The average molecular weight is 1460 g/mol. The highest BCUT2D eigenvalue weighted by Crippen LogP contribution is 2.46. The first-order chi connectivity index (χ1) is 48.9. The van der Waals surface area contributed by atoms with Crippen LogP contribution in [-0.2, 0) is 47.5 Å². The van der Waals surface area contributed by atoms with Crippen molar-refractivity contribution in [1.29, 1.82) is 0 Å². The molecule has 7 aliphatic rings. The third-order valence-electron chi connectivity index (χ3n) is 20.2. The van der Waals surface area contributed by atoms with Crippen molar-refractivity contribution in [2.45, 2.75) is 306 Å². The van der Waals surface area contributed by atoms with Gasteiger partial charge < -0.3 is 85.5 Å². The molecule has 0 aromatic rings. The molecule has 23 heteroatoms. The maximum absolute atomic E-state index is 12.2. The third kappa shape index (κ3) is 34.4. The molecule has 0 radical (unpaired) electrons. The van der Waals surface area contributed by atoms with Crippen LogP contribution in [0.4, 0.5) is 14.4 Å². The molecule has 3 aliphatic carbocycles. The van der Waals surface area contributed by atoms with Crippen molar-refractivity contribution in [3.8, 4) is 0 Å². The van der Waals surface area contributed by atoms with Gasteiger partial charge in [0.15, 0.2) is 0 Å². The number of alkyl carbamates (subject to hydrolysis) is 3. The second-order valence-corrected chi connectivity index (χ2v) is 32.1. The van der Waals surface area contributed by atoms with E-state index >= 15 is 0 Å². The summed E-state index contributed by atoms with van der Waals surface area (Å²) in [5, 5.41) is 56.6. The number of nitrogens with one attached hydrogen (secondary N) is 6. The van der Waals surface area contributed by atoms with E-state index in [9.17, 15) is 49.2 Å². The second kappa shape index (κ2) is 42.2. The van der Waals surface area contributed by atoms with Gasteiger partial charge >= 0.3 is 18.3 Å². The topological polar surface area (TPSA) is 323 Å². The third-order valence-corrected chi connectivity index (χ3v) is 20.2. The van der Waals surface area contributed by atoms with E-state index in [1.165, 1.54) is 44.9 Å². The molecule has 4 aliphatic heterocycles. The largest absolute Gasteiger partial charge is 0.442 e. The van der Waals surface area contributed by atoms with Crippen LogP contribution in [-0.4, -0.2) is 186 Å². The molecule has 6 amide bonds. The summed E-state index contributed by atoms with van der Waals surface area (Å²) in [6.45, 7) is 23.8. The molecule has 0 bridgehead atoms. The molecule has 1 spiro atoms. The molecular weight excluding hydrogens is 1330 g/mol. The van der Waals surface area contributed by atoms with E-state index in [1.807, 2.05) is 52.0 Å². The Morgan fingerprint density at radius 1 is 0.433 bits per heavy atom. The molecule has 4 saturated heterocycles. The lowest BCUT2D eigenvalue weighted by atomic mass is 9.82. The fourth-order valence-corrected chi connectivity index (χ4v) is 14.9. The van der Waals surface area contributed by atoms with E-state index in [-0.39, 0.29) is 78.6 Å². The predicted octanol–water partition coefficient (Wildman–Crippen LogP) is 11.7. The highest BCUT2D eigenvalue weighted by atomic mass is 16.6. The molecule has 3 saturated carbocycles. The minimum Gasteiger partial charge on any atom is -0.442 e. The molecule has 7 rings (SSSR count). The van der Waals surface area contributed by atoms with Gasteiger partial charge in [-0.3, -0.25) is 14.4 Å². The summed E-state index contributed by atoms with van der Waals surface area (Å²) in [5.41, 5.74) is 0.320. The monoisotopic (exact) mass is 1460 g/mol. The maximum Gasteiger partial charge on any atom is 0.407 e. The van der Waals surface area contributed by atoms with Crippen molar-refractivity contribution in [3.05, 3.63) is 108 Å². The minimum absolute atomic E-state index is 0.0514. The number of hydrogen-bond acceptors (Lipinski definition) is 17. The van der Waals surface area contributed by atoms with Crippen LogP contribution < -0.4 is 31.9 Å². The Bertz CT molecular complexity index is 2890. The zero-order chi connectivity index (χ0) is 76.9. The number of aliphatic hydroxyl groups excluding tert-OH is 2. The van der Waals surface area contributed by atoms with Crippen molar-refractivity contribution in [3.63, 3.8) is 0 Å². The van der Waals surface area contributed by atoms with Gasteiger partial charge in [0.2, 0.25) is 17.7 Å².